The van der Waals surface area contributed by atoms with Crippen LogP contribution in [0, 0.1) is 0 Å². The summed E-state index contributed by atoms with van der Waals surface area (Å²) in [6, 6.07) is 3.51. The molecule has 3 nitrogen and oxygen atoms in total. The molecule has 0 radical (unpaired) electrons. The van der Waals surface area contributed by atoms with E-state index in [4.69, 9.17) is 0 Å². The lowest BCUT2D eigenvalue weighted by atomic mass is 10.0. The van der Waals surface area contributed by atoms with Crippen LogP contribution in [0.15, 0.2) is 22.7 Å². The Morgan fingerprint density at radius 2 is 1.90 bits per heavy atom. The summed E-state index contributed by atoms with van der Waals surface area (Å²) in [5.74, 6) is -0.642. The zero-order chi connectivity index (χ0) is 14.9. The van der Waals surface area contributed by atoms with Crippen molar-refractivity contribution >= 4 is 21.8 Å². The molecule has 0 aromatic heterocycles. The number of hydrogen-bond acceptors (Lipinski definition) is 2. The van der Waals surface area contributed by atoms with Crippen LogP contribution in [0.4, 0.5) is 13.2 Å². The van der Waals surface area contributed by atoms with Crippen LogP contribution in [0.2, 0.25) is 0 Å². The largest absolute Gasteiger partial charge is 0.417 e. The highest BCUT2D eigenvalue weighted by Crippen LogP contribution is 2.34. The maximum absolute atomic E-state index is 13.0. The molecule has 1 aromatic carbocycles. The van der Waals surface area contributed by atoms with Gasteiger partial charge in [-0.25, -0.2) is 0 Å². The number of carbonyl (C=O) groups is 1. The number of aliphatic hydroxyl groups excluding tert-OH is 1. The maximum atomic E-state index is 13.0. The SMILES string of the molecule is O=C(c1ccc(Br)cc1C(F)(F)F)N1CCC(O)CC1. The minimum atomic E-state index is -4.58. The number of alkyl halides is 3. The Bertz CT molecular complexity index is 511. The lowest BCUT2D eigenvalue weighted by Gasteiger charge is -2.30. The van der Waals surface area contributed by atoms with Crippen molar-refractivity contribution in [3.05, 3.63) is 33.8 Å². The van der Waals surface area contributed by atoms with Gasteiger partial charge in [0.05, 0.1) is 17.2 Å². The van der Waals surface area contributed by atoms with E-state index in [9.17, 15) is 23.1 Å². The smallest absolute Gasteiger partial charge is 0.393 e. The first-order chi connectivity index (χ1) is 9.29. The molecule has 2 rings (SSSR count). The van der Waals surface area contributed by atoms with E-state index in [1.165, 1.54) is 17.0 Å². The summed E-state index contributed by atoms with van der Waals surface area (Å²) in [6.45, 7) is 0.542. The van der Waals surface area contributed by atoms with E-state index in [0.29, 0.717) is 12.8 Å². The molecule has 0 spiro atoms. The lowest BCUT2D eigenvalue weighted by molar-refractivity contribution is -0.138. The quantitative estimate of drug-likeness (QED) is 0.844. The predicted octanol–water partition coefficient (Wildman–Crippen LogP) is 3.06. The topological polar surface area (TPSA) is 40.5 Å². The molecule has 7 heteroatoms. The predicted molar refractivity (Wildman–Crippen MR) is 70.3 cm³/mol. The summed E-state index contributed by atoms with van der Waals surface area (Å²) in [5.41, 5.74) is -1.29. The molecule has 1 saturated heterocycles. The van der Waals surface area contributed by atoms with Gasteiger partial charge < -0.3 is 10.0 Å². The second kappa shape index (κ2) is 5.73. The van der Waals surface area contributed by atoms with Crippen LogP contribution in [0.5, 0.6) is 0 Å². The van der Waals surface area contributed by atoms with Gasteiger partial charge in [0.1, 0.15) is 0 Å². The molecule has 1 aliphatic heterocycles. The number of piperidine rings is 1. The lowest BCUT2D eigenvalue weighted by Crippen LogP contribution is -2.40. The second-order valence-corrected chi connectivity index (χ2v) is 5.63. The Morgan fingerprint density at radius 1 is 1.30 bits per heavy atom. The number of rotatable bonds is 1. The third kappa shape index (κ3) is 3.32. The molecule has 0 saturated carbocycles. The molecule has 0 unspecified atom stereocenters. The van der Waals surface area contributed by atoms with Crippen LogP contribution in [-0.2, 0) is 6.18 Å². The average Bonchev–Trinajstić information content (AvgIpc) is 2.38. The Labute approximate surface area is 122 Å². The zero-order valence-electron chi connectivity index (χ0n) is 10.5. The first-order valence-electron chi connectivity index (χ1n) is 6.13. The Hall–Kier alpha value is -1.08. The summed E-state index contributed by atoms with van der Waals surface area (Å²) < 4.78 is 39.2. The van der Waals surface area contributed by atoms with E-state index >= 15 is 0 Å². The highest BCUT2D eigenvalue weighted by Gasteiger charge is 2.36. The monoisotopic (exact) mass is 351 g/mol. The van der Waals surface area contributed by atoms with Crippen molar-refractivity contribution in [1.82, 2.24) is 4.90 Å². The number of halogens is 4. The van der Waals surface area contributed by atoms with Crippen molar-refractivity contribution < 1.29 is 23.1 Å². The van der Waals surface area contributed by atoms with Crippen LogP contribution in [-0.4, -0.2) is 35.1 Å². The van der Waals surface area contributed by atoms with Crippen LogP contribution >= 0.6 is 15.9 Å². The van der Waals surface area contributed by atoms with Gasteiger partial charge in [-0.1, -0.05) is 15.9 Å². The number of hydrogen-bond donors (Lipinski definition) is 1. The zero-order valence-corrected chi connectivity index (χ0v) is 12.0. The highest BCUT2D eigenvalue weighted by molar-refractivity contribution is 9.10. The Balaban J connectivity index is 2.30. The van der Waals surface area contributed by atoms with Crippen LogP contribution < -0.4 is 0 Å². The fraction of sp³-hybridized carbons (Fsp3) is 0.462. The summed E-state index contributed by atoms with van der Waals surface area (Å²) in [5, 5.41) is 9.38. The van der Waals surface area contributed by atoms with Crippen molar-refractivity contribution in [2.45, 2.75) is 25.1 Å². The molecule has 0 aliphatic carbocycles. The fourth-order valence-corrected chi connectivity index (χ4v) is 2.54. The Kier molecular flexibility index (Phi) is 4.39. The van der Waals surface area contributed by atoms with Crippen molar-refractivity contribution in [2.75, 3.05) is 13.1 Å². The van der Waals surface area contributed by atoms with E-state index < -0.39 is 23.8 Å². The molecule has 1 aromatic rings. The molecule has 0 bridgehead atoms. The van der Waals surface area contributed by atoms with Gasteiger partial charge in [0.15, 0.2) is 0 Å². The normalized spacial score (nSPS) is 17.4. The molecule has 1 N–H and O–H groups in total. The Morgan fingerprint density at radius 3 is 2.45 bits per heavy atom. The standard InChI is InChI=1S/C13H13BrF3NO2/c14-8-1-2-10(11(7-8)13(15,16)17)12(20)18-5-3-9(19)4-6-18/h1-2,7,9,19H,3-6H2. The molecule has 1 fully saturated rings. The summed E-state index contributed by atoms with van der Waals surface area (Å²) in [4.78, 5) is 13.6. The minimum Gasteiger partial charge on any atom is -0.393 e. The molecule has 20 heavy (non-hydrogen) atoms. The van der Waals surface area contributed by atoms with Crippen molar-refractivity contribution in [3.63, 3.8) is 0 Å². The highest BCUT2D eigenvalue weighted by atomic mass is 79.9. The molecule has 1 heterocycles. The van der Waals surface area contributed by atoms with Crippen molar-refractivity contribution in [3.8, 4) is 0 Å². The molecular weight excluding hydrogens is 339 g/mol. The van der Waals surface area contributed by atoms with E-state index in [0.717, 1.165) is 6.07 Å². The molecule has 0 atom stereocenters. The average molecular weight is 352 g/mol. The van der Waals surface area contributed by atoms with Gasteiger partial charge >= 0.3 is 6.18 Å². The van der Waals surface area contributed by atoms with Gasteiger partial charge in [-0.05, 0) is 31.0 Å². The van der Waals surface area contributed by atoms with Gasteiger partial charge in [0.25, 0.3) is 5.91 Å². The number of aliphatic hydroxyl groups is 1. The fourth-order valence-electron chi connectivity index (χ4n) is 2.18. The van der Waals surface area contributed by atoms with Crippen LogP contribution in [0.3, 0.4) is 0 Å². The van der Waals surface area contributed by atoms with Crippen LogP contribution in [0.25, 0.3) is 0 Å². The number of benzene rings is 1. The van der Waals surface area contributed by atoms with Crippen molar-refractivity contribution in [1.29, 1.82) is 0 Å². The third-order valence-electron chi connectivity index (χ3n) is 3.27. The summed E-state index contributed by atoms with van der Waals surface area (Å²) in [7, 11) is 0. The second-order valence-electron chi connectivity index (χ2n) is 4.71. The van der Waals surface area contributed by atoms with Gasteiger partial charge in [0, 0.05) is 17.6 Å². The van der Waals surface area contributed by atoms with E-state index in [1.54, 1.807) is 0 Å². The molecular formula is C13H13BrF3NO2. The third-order valence-corrected chi connectivity index (χ3v) is 3.76. The number of likely N-dealkylation sites (tertiary alicyclic amines) is 1. The molecule has 1 aliphatic rings. The maximum Gasteiger partial charge on any atom is 0.417 e. The van der Waals surface area contributed by atoms with E-state index in [1.807, 2.05) is 0 Å². The number of nitrogens with zero attached hydrogens (tertiary/aromatic N) is 1. The first-order valence-corrected chi connectivity index (χ1v) is 6.92. The number of carbonyl (C=O) groups excluding carboxylic acids is 1. The van der Waals surface area contributed by atoms with Gasteiger partial charge in [-0.3, -0.25) is 4.79 Å². The van der Waals surface area contributed by atoms with E-state index in [2.05, 4.69) is 15.9 Å². The first kappa shape index (κ1) is 15.3. The molecule has 1 amide bonds. The van der Waals surface area contributed by atoms with Crippen molar-refractivity contribution in [2.24, 2.45) is 0 Å². The van der Waals surface area contributed by atoms with Gasteiger partial charge in [-0.2, -0.15) is 13.2 Å². The summed E-state index contributed by atoms with van der Waals surface area (Å²) in [6.07, 6.45) is -4.27. The number of amides is 1. The van der Waals surface area contributed by atoms with Crippen LogP contribution in [0.1, 0.15) is 28.8 Å². The van der Waals surface area contributed by atoms with E-state index in [-0.39, 0.29) is 23.1 Å². The molecule has 110 valence electrons. The summed E-state index contributed by atoms with van der Waals surface area (Å²) >= 11 is 2.98. The van der Waals surface area contributed by atoms with Gasteiger partial charge in [-0.15, -0.1) is 0 Å². The minimum absolute atomic E-state index is 0.271. The van der Waals surface area contributed by atoms with Gasteiger partial charge in [0.2, 0.25) is 0 Å².